The average Bonchev–Trinajstić information content (AvgIpc) is 3.40. The molecular weight excluding hydrogens is 730 g/mol. The molecule has 3 saturated carbocycles. The number of hydrogen-bond donors (Lipinski definition) is 5. The van der Waals surface area contributed by atoms with Crippen LogP contribution in [-0.2, 0) is 28.7 Å². The van der Waals surface area contributed by atoms with Crippen LogP contribution in [0.25, 0.3) is 11.3 Å². The number of fused-ring (bicyclic) bond motifs is 1. The maximum atomic E-state index is 13.2. The van der Waals surface area contributed by atoms with E-state index in [1.54, 1.807) is 30.3 Å². The maximum Gasteiger partial charge on any atom is 0.266 e. The summed E-state index contributed by atoms with van der Waals surface area (Å²) in [4.78, 5) is 76.0. The number of anilines is 1. The topological polar surface area (TPSA) is 251 Å². The summed E-state index contributed by atoms with van der Waals surface area (Å²) < 4.78 is 22.6. The van der Waals surface area contributed by atoms with Crippen molar-refractivity contribution < 1.29 is 52.8 Å². The summed E-state index contributed by atoms with van der Waals surface area (Å²) in [6, 6.07) is 11.7. The quantitative estimate of drug-likeness (QED) is 0.0884. The first-order valence-corrected chi connectivity index (χ1v) is 18.2. The number of phenols is 1. The molecule has 2 aromatic carbocycles. The number of aromatic hydroxyl groups is 1. The molecule has 1 atom stereocenters. The number of aromatic nitrogens is 2. The van der Waals surface area contributed by atoms with Gasteiger partial charge in [-0.2, -0.15) is 0 Å². The highest BCUT2D eigenvalue weighted by Crippen LogP contribution is 2.73. The number of rotatable bonds is 18. The van der Waals surface area contributed by atoms with Crippen molar-refractivity contribution in [3.63, 3.8) is 0 Å². The van der Waals surface area contributed by atoms with Crippen LogP contribution in [0.1, 0.15) is 52.8 Å². The molecule has 18 nitrogen and oxygen atoms in total. The SMILES string of the molecule is Nc1nnc(-c2ccccc2O)cc1OCC12CC(C(=O)NCCOCCOCCNC(=O)COc3cccc4c3C(=O)N(C3CCC(=O)NC3=O)C4=O)(C1)C2. The van der Waals surface area contributed by atoms with E-state index in [0.29, 0.717) is 62.6 Å². The minimum absolute atomic E-state index is 0.00117. The molecule has 1 unspecified atom stereocenters. The Morgan fingerprint density at radius 1 is 0.875 bits per heavy atom. The standard InChI is InChI=1S/C38H41N7O11/c39-32-28(16-24(43-44-32)22-4-1-2-6-26(22)46)56-21-37-18-38(19-37,20-37)36(52)41-11-13-54-15-14-53-12-10-40-30(48)17-55-27-7-3-5-23-31(27)35(51)45(34(23)50)25-8-9-29(47)42-33(25)49/h1-7,16,25,46H,8-15,17-21H2,(H2,39,44)(H,40,48)(H,41,52)(H,42,47,49). The highest BCUT2D eigenvalue weighted by Gasteiger charge is 2.71. The molecule has 1 aromatic heterocycles. The Morgan fingerprint density at radius 3 is 2.32 bits per heavy atom. The number of carbonyl (C=O) groups is 6. The number of nitrogen functional groups attached to an aromatic ring is 1. The monoisotopic (exact) mass is 771 g/mol. The fraction of sp³-hybridized carbons (Fsp3) is 0.421. The Morgan fingerprint density at radius 2 is 1.59 bits per heavy atom. The Kier molecular flexibility index (Phi) is 10.8. The second kappa shape index (κ2) is 15.9. The number of nitrogens with one attached hydrogen (secondary N) is 3. The number of nitrogens with zero attached hydrogens (tertiary/aromatic N) is 3. The third-order valence-corrected chi connectivity index (χ3v) is 10.4. The third kappa shape index (κ3) is 7.70. The predicted molar refractivity (Wildman–Crippen MR) is 194 cm³/mol. The van der Waals surface area contributed by atoms with E-state index < -0.39 is 42.2 Å². The second-order valence-corrected chi connectivity index (χ2v) is 14.3. The third-order valence-electron chi connectivity index (χ3n) is 10.4. The second-order valence-electron chi connectivity index (χ2n) is 14.3. The molecule has 6 N–H and O–H groups in total. The van der Waals surface area contributed by atoms with Crippen LogP contribution in [-0.4, -0.2) is 114 Å². The van der Waals surface area contributed by atoms with Gasteiger partial charge in [-0.3, -0.25) is 39.0 Å². The molecule has 2 bridgehead atoms. The van der Waals surface area contributed by atoms with Gasteiger partial charge < -0.3 is 40.4 Å². The number of nitrogens with two attached hydrogens (primary N) is 1. The van der Waals surface area contributed by atoms with Gasteiger partial charge >= 0.3 is 0 Å². The number of phenolic OH excluding ortho intramolecular Hbond substituents is 1. The lowest BCUT2D eigenvalue weighted by atomic mass is 9.35. The predicted octanol–water partition coefficient (Wildman–Crippen LogP) is 0.726. The number of para-hydroxylation sites is 1. The van der Waals surface area contributed by atoms with Gasteiger partial charge in [-0.1, -0.05) is 18.2 Å². The van der Waals surface area contributed by atoms with Crippen LogP contribution in [0.3, 0.4) is 0 Å². The van der Waals surface area contributed by atoms with Gasteiger partial charge in [0, 0.05) is 36.6 Å². The fourth-order valence-electron chi connectivity index (χ4n) is 7.75. The van der Waals surface area contributed by atoms with E-state index in [0.717, 1.165) is 4.90 Å². The Labute approximate surface area is 320 Å². The highest BCUT2D eigenvalue weighted by molar-refractivity contribution is 6.24. The summed E-state index contributed by atoms with van der Waals surface area (Å²) in [6.45, 7) is 1.59. The summed E-state index contributed by atoms with van der Waals surface area (Å²) in [6.07, 6.45) is 2.18. The summed E-state index contributed by atoms with van der Waals surface area (Å²) in [7, 11) is 0. The molecule has 3 heterocycles. The molecule has 5 aliphatic rings. The molecule has 3 aromatic rings. The molecule has 2 aliphatic heterocycles. The number of imide groups is 2. The number of piperidine rings is 1. The molecule has 294 valence electrons. The van der Waals surface area contributed by atoms with Gasteiger partial charge in [0.15, 0.2) is 18.2 Å². The van der Waals surface area contributed by atoms with Crippen molar-refractivity contribution in [2.24, 2.45) is 10.8 Å². The van der Waals surface area contributed by atoms with Crippen molar-refractivity contribution >= 4 is 41.3 Å². The lowest BCUT2D eigenvalue weighted by Crippen LogP contribution is -2.69. The zero-order chi connectivity index (χ0) is 39.5. The lowest BCUT2D eigenvalue weighted by molar-refractivity contribution is -0.217. The van der Waals surface area contributed by atoms with Crippen LogP contribution in [0.5, 0.6) is 17.2 Å². The summed E-state index contributed by atoms with van der Waals surface area (Å²) in [5, 5.41) is 25.9. The molecule has 1 saturated heterocycles. The summed E-state index contributed by atoms with van der Waals surface area (Å²) >= 11 is 0. The zero-order valence-electron chi connectivity index (χ0n) is 30.3. The van der Waals surface area contributed by atoms with Crippen LogP contribution in [0, 0.1) is 10.8 Å². The Balaban J connectivity index is 0.727. The van der Waals surface area contributed by atoms with E-state index in [1.165, 1.54) is 18.2 Å². The summed E-state index contributed by atoms with van der Waals surface area (Å²) in [5.41, 5.74) is 6.49. The molecule has 4 fully saturated rings. The number of carbonyl (C=O) groups excluding carboxylic acids is 6. The minimum Gasteiger partial charge on any atom is -0.507 e. The number of benzene rings is 2. The summed E-state index contributed by atoms with van der Waals surface area (Å²) in [5.74, 6) is -2.43. The molecule has 8 rings (SSSR count). The first kappa shape index (κ1) is 38.1. The van der Waals surface area contributed by atoms with Crippen molar-refractivity contribution in [2.75, 3.05) is 58.5 Å². The first-order chi connectivity index (χ1) is 27.0. The maximum absolute atomic E-state index is 13.2. The van der Waals surface area contributed by atoms with Gasteiger partial charge in [0.05, 0.1) is 49.6 Å². The van der Waals surface area contributed by atoms with E-state index in [4.69, 9.17) is 24.7 Å². The van der Waals surface area contributed by atoms with Gasteiger partial charge in [-0.25, -0.2) is 0 Å². The smallest absolute Gasteiger partial charge is 0.266 e. The van der Waals surface area contributed by atoms with Crippen molar-refractivity contribution in [3.8, 4) is 28.5 Å². The van der Waals surface area contributed by atoms with Crippen molar-refractivity contribution in [3.05, 3.63) is 59.7 Å². The van der Waals surface area contributed by atoms with Gasteiger partial charge in [0.1, 0.15) is 23.2 Å². The fourth-order valence-corrected chi connectivity index (χ4v) is 7.75. The van der Waals surface area contributed by atoms with Crippen LogP contribution in [0.15, 0.2) is 48.5 Å². The molecule has 0 spiro atoms. The lowest BCUT2D eigenvalue weighted by Gasteiger charge is -2.68. The van der Waals surface area contributed by atoms with Gasteiger partial charge in [0.2, 0.25) is 17.7 Å². The molecule has 3 aliphatic carbocycles. The van der Waals surface area contributed by atoms with E-state index in [1.807, 2.05) is 0 Å². The number of amides is 6. The Bertz CT molecular complexity index is 2050. The van der Waals surface area contributed by atoms with E-state index >= 15 is 0 Å². The van der Waals surface area contributed by atoms with Gasteiger partial charge in [-0.05, 0) is 49.9 Å². The van der Waals surface area contributed by atoms with Crippen molar-refractivity contribution in [1.82, 2.24) is 31.0 Å². The molecule has 0 radical (unpaired) electrons. The highest BCUT2D eigenvalue weighted by atomic mass is 16.5. The molecular formula is C38H41N7O11. The van der Waals surface area contributed by atoms with Crippen LogP contribution < -0.4 is 31.2 Å². The van der Waals surface area contributed by atoms with E-state index in [9.17, 15) is 33.9 Å². The number of ether oxygens (including phenoxy) is 4. The largest absolute Gasteiger partial charge is 0.507 e. The Hall–Kier alpha value is -6.14. The van der Waals surface area contributed by atoms with Crippen molar-refractivity contribution in [1.29, 1.82) is 0 Å². The van der Waals surface area contributed by atoms with Crippen LogP contribution in [0.4, 0.5) is 5.82 Å². The van der Waals surface area contributed by atoms with Crippen LogP contribution >= 0.6 is 0 Å². The van der Waals surface area contributed by atoms with Gasteiger partial charge in [-0.15, -0.1) is 10.2 Å². The zero-order valence-corrected chi connectivity index (χ0v) is 30.3. The van der Waals surface area contributed by atoms with Crippen LogP contribution in [0.2, 0.25) is 0 Å². The number of hydrogen-bond acceptors (Lipinski definition) is 14. The normalized spacial score (nSPS) is 22.1. The van der Waals surface area contributed by atoms with Crippen molar-refractivity contribution in [2.45, 2.75) is 38.1 Å². The first-order valence-electron chi connectivity index (χ1n) is 18.2. The molecule has 6 amide bonds. The molecule has 56 heavy (non-hydrogen) atoms. The minimum atomic E-state index is -1.11. The average molecular weight is 772 g/mol. The molecule has 18 heteroatoms. The van der Waals surface area contributed by atoms with Gasteiger partial charge in [0.25, 0.3) is 17.7 Å². The van der Waals surface area contributed by atoms with E-state index in [2.05, 4.69) is 26.1 Å². The van der Waals surface area contributed by atoms with E-state index in [-0.39, 0.29) is 77.8 Å².